The first-order valence-corrected chi connectivity index (χ1v) is 3.91. The van der Waals surface area contributed by atoms with Crippen LogP contribution in [0.2, 0.25) is 0 Å². The number of fused-ring (bicyclic) bond motifs is 1. The highest BCUT2D eigenvalue weighted by molar-refractivity contribution is 5.92. The van der Waals surface area contributed by atoms with Crippen molar-refractivity contribution in [2.45, 2.75) is 25.4 Å². The first kappa shape index (κ1) is 6.35. The fourth-order valence-electron chi connectivity index (χ4n) is 2.30. The van der Waals surface area contributed by atoms with E-state index in [4.69, 9.17) is 4.74 Å². The van der Waals surface area contributed by atoms with Gasteiger partial charge < -0.3 is 4.74 Å². The smallest absolute Gasteiger partial charge is 0.165 e. The van der Waals surface area contributed by atoms with Crippen LogP contribution in [-0.2, 0) is 9.53 Å². The largest absolute Gasteiger partial charge is 0.373 e. The Morgan fingerprint density at radius 3 is 3.00 bits per heavy atom. The molecule has 0 spiro atoms. The maximum absolute atomic E-state index is 11.1. The van der Waals surface area contributed by atoms with Crippen LogP contribution in [0.15, 0.2) is 0 Å². The number of hydrogen-bond donors (Lipinski definition) is 0. The molecule has 2 saturated carbocycles. The van der Waals surface area contributed by atoms with Crippen LogP contribution < -0.4 is 0 Å². The zero-order chi connectivity index (χ0) is 7.14. The quantitative estimate of drug-likeness (QED) is 0.543. The van der Waals surface area contributed by atoms with E-state index in [2.05, 4.69) is 0 Å². The van der Waals surface area contributed by atoms with E-state index in [0.717, 1.165) is 6.42 Å². The number of Topliss-reactive ketones (excluding diaryl/α,β-unsaturated/α-hetero) is 1. The number of hydrogen-bond acceptors (Lipinski definition) is 2. The molecule has 2 rings (SSSR count). The lowest BCUT2D eigenvalue weighted by molar-refractivity contribution is -0.153. The van der Waals surface area contributed by atoms with Gasteiger partial charge in [-0.3, -0.25) is 4.79 Å². The molecule has 0 aromatic heterocycles. The van der Waals surface area contributed by atoms with Crippen LogP contribution in [0, 0.1) is 11.8 Å². The zero-order valence-electron chi connectivity index (χ0n) is 6.17. The topological polar surface area (TPSA) is 26.3 Å². The molecule has 0 aromatic rings. The van der Waals surface area contributed by atoms with E-state index >= 15 is 0 Å². The van der Waals surface area contributed by atoms with E-state index in [1.807, 2.05) is 0 Å². The molecule has 2 nitrogen and oxygen atoms in total. The minimum absolute atomic E-state index is 0.0347. The third-order valence-electron chi connectivity index (χ3n) is 2.86. The number of ether oxygens (including phenoxy) is 1. The highest BCUT2D eigenvalue weighted by Gasteiger charge is 2.51. The molecule has 2 aliphatic rings. The number of carbonyl (C=O) groups excluding carboxylic acids is 1. The van der Waals surface area contributed by atoms with Gasteiger partial charge in [0.2, 0.25) is 0 Å². The van der Waals surface area contributed by atoms with E-state index in [9.17, 15) is 4.79 Å². The van der Waals surface area contributed by atoms with Crippen LogP contribution in [0.5, 0.6) is 0 Å². The lowest BCUT2D eigenvalue weighted by atomic mass is 9.72. The van der Waals surface area contributed by atoms with Gasteiger partial charge in [0.15, 0.2) is 5.78 Å². The highest BCUT2D eigenvalue weighted by Crippen LogP contribution is 2.45. The minimum atomic E-state index is -0.0347. The average molecular weight is 140 g/mol. The van der Waals surface area contributed by atoms with Gasteiger partial charge in [0.1, 0.15) is 6.10 Å². The number of ketones is 1. The van der Waals surface area contributed by atoms with E-state index in [0.29, 0.717) is 17.6 Å². The van der Waals surface area contributed by atoms with Crippen molar-refractivity contribution >= 4 is 5.78 Å². The summed E-state index contributed by atoms with van der Waals surface area (Å²) in [6, 6.07) is 0. The van der Waals surface area contributed by atoms with Gasteiger partial charge in [0.25, 0.3) is 0 Å². The molecule has 2 aliphatic carbocycles. The van der Waals surface area contributed by atoms with Crippen molar-refractivity contribution in [3.05, 3.63) is 0 Å². The first-order chi connectivity index (χ1) is 4.84. The van der Waals surface area contributed by atoms with Crippen LogP contribution in [0.25, 0.3) is 0 Å². The number of methoxy groups -OCH3 is 1. The van der Waals surface area contributed by atoms with Gasteiger partial charge >= 0.3 is 0 Å². The van der Waals surface area contributed by atoms with Crippen molar-refractivity contribution in [2.24, 2.45) is 11.8 Å². The first-order valence-electron chi connectivity index (χ1n) is 3.91. The molecule has 10 heavy (non-hydrogen) atoms. The SMILES string of the molecule is COC1C(=O)[C@H]2CCC[C@@H]12. The second-order valence-corrected chi connectivity index (χ2v) is 3.26. The minimum Gasteiger partial charge on any atom is -0.373 e. The molecule has 56 valence electrons. The maximum atomic E-state index is 11.1. The summed E-state index contributed by atoms with van der Waals surface area (Å²) in [6.45, 7) is 0. The van der Waals surface area contributed by atoms with E-state index in [1.165, 1.54) is 12.8 Å². The van der Waals surface area contributed by atoms with Gasteiger partial charge in [0, 0.05) is 18.9 Å². The lowest BCUT2D eigenvalue weighted by Crippen LogP contribution is -2.50. The van der Waals surface area contributed by atoms with Crippen LogP contribution in [-0.4, -0.2) is 19.0 Å². The maximum Gasteiger partial charge on any atom is 0.165 e. The fourth-order valence-corrected chi connectivity index (χ4v) is 2.30. The number of carbonyl (C=O) groups is 1. The zero-order valence-corrected chi connectivity index (χ0v) is 6.17. The molecule has 0 amide bonds. The summed E-state index contributed by atoms with van der Waals surface area (Å²) in [5.74, 6) is 1.31. The molecule has 0 bridgehead atoms. The van der Waals surface area contributed by atoms with Gasteiger partial charge in [-0.2, -0.15) is 0 Å². The predicted molar refractivity (Wildman–Crippen MR) is 36.6 cm³/mol. The molecule has 0 saturated heterocycles. The number of rotatable bonds is 1. The van der Waals surface area contributed by atoms with Crippen molar-refractivity contribution in [1.82, 2.24) is 0 Å². The standard InChI is InChI=1S/C8H12O2/c1-10-8-6-4-2-3-5(6)7(8)9/h5-6,8H,2-4H2,1H3/t5-,6+,8?/m0/s1. The van der Waals surface area contributed by atoms with Crippen molar-refractivity contribution in [2.75, 3.05) is 7.11 Å². The molecule has 1 unspecified atom stereocenters. The molecule has 2 heteroatoms. The monoisotopic (exact) mass is 140 g/mol. The normalized spacial score (nSPS) is 44.9. The molecule has 0 radical (unpaired) electrons. The Bertz CT molecular complexity index is 165. The van der Waals surface area contributed by atoms with Crippen molar-refractivity contribution in [3.8, 4) is 0 Å². The molecular formula is C8H12O2. The van der Waals surface area contributed by atoms with Gasteiger partial charge in [-0.15, -0.1) is 0 Å². The Hall–Kier alpha value is -0.370. The van der Waals surface area contributed by atoms with Gasteiger partial charge in [0.05, 0.1) is 0 Å². The Balaban J connectivity index is 2.08. The lowest BCUT2D eigenvalue weighted by Gasteiger charge is -2.37. The average Bonchev–Trinajstić information content (AvgIpc) is 2.33. The highest BCUT2D eigenvalue weighted by atomic mass is 16.5. The summed E-state index contributed by atoms with van der Waals surface area (Å²) in [7, 11) is 1.64. The molecule has 0 N–H and O–H groups in total. The predicted octanol–water partition coefficient (Wildman–Crippen LogP) is 1.00. The molecule has 2 fully saturated rings. The van der Waals surface area contributed by atoms with E-state index < -0.39 is 0 Å². The second-order valence-electron chi connectivity index (χ2n) is 3.26. The second kappa shape index (κ2) is 2.06. The molecule has 0 aliphatic heterocycles. The summed E-state index contributed by atoms with van der Waals surface area (Å²) >= 11 is 0. The fraction of sp³-hybridized carbons (Fsp3) is 0.875. The van der Waals surface area contributed by atoms with E-state index in [-0.39, 0.29) is 6.10 Å². The van der Waals surface area contributed by atoms with E-state index in [1.54, 1.807) is 7.11 Å². The summed E-state index contributed by atoms with van der Waals surface area (Å²) in [5.41, 5.74) is 0. The van der Waals surface area contributed by atoms with Crippen molar-refractivity contribution in [3.63, 3.8) is 0 Å². The third-order valence-corrected chi connectivity index (χ3v) is 2.86. The van der Waals surface area contributed by atoms with Gasteiger partial charge in [-0.25, -0.2) is 0 Å². The molecule has 0 aromatic carbocycles. The Labute approximate surface area is 60.6 Å². The summed E-state index contributed by atoms with van der Waals surface area (Å²) < 4.78 is 5.06. The Morgan fingerprint density at radius 1 is 1.50 bits per heavy atom. The van der Waals surface area contributed by atoms with Crippen LogP contribution in [0.4, 0.5) is 0 Å². The summed E-state index contributed by atoms with van der Waals surface area (Å²) in [5, 5.41) is 0. The Kier molecular flexibility index (Phi) is 1.31. The van der Waals surface area contributed by atoms with Crippen LogP contribution in [0.1, 0.15) is 19.3 Å². The third kappa shape index (κ3) is 0.601. The Morgan fingerprint density at radius 2 is 2.30 bits per heavy atom. The summed E-state index contributed by atoms with van der Waals surface area (Å²) in [6.07, 6.45) is 3.51. The van der Waals surface area contributed by atoms with Gasteiger partial charge in [-0.05, 0) is 12.8 Å². The van der Waals surface area contributed by atoms with Crippen LogP contribution >= 0.6 is 0 Å². The molecule has 0 heterocycles. The van der Waals surface area contributed by atoms with Crippen LogP contribution in [0.3, 0.4) is 0 Å². The van der Waals surface area contributed by atoms with Crippen molar-refractivity contribution in [1.29, 1.82) is 0 Å². The summed E-state index contributed by atoms with van der Waals surface area (Å²) in [4.78, 5) is 11.1. The van der Waals surface area contributed by atoms with Crippen molar-refractivity contribution < 1.29 is 9.53 Å². The van der Waals surface area contributed by atoms with Gasteiger partial charge in [-0.1, -0.05) is 6.42 Å². The molecule has 3 atom stereocenters. The molecular weight excluding hydrogens is 128 g/mol.